The third-order valence-electron chi connectivity index (χ3n) is 4.05. The minimum atomic E-state index is 0.608. The maximum absolute atomic E-state index is 5.21. The number of hydrogen-bond acceptors (Lipinski definition) is 5. The number of fused-ring (bicyclic) bond motifs is 1. The van der Waals surface area contributed by atoms with Crippen LogP contribution in [0.5, 0.6) is 5.75 Å². The lowest BCUT2D eigenvalue weighted by atomic mass is 10.2. The number of methoxy groups -OCH3 is 1. The first-order chi connectivity index (χ1) is 12.3. The largest absolute Gasteiger partial charge is 0.497 e. The molecule has 0 bridgehead atoms. The molecule has 0 fully saturated rings. The predicted molar refractivity (Wildman–Crippen MR) is 95.8 cm³/mol. The van der Waals surface area contributed by atoms with Crippen molar-refractivity contribution in [1.82, 2.24) is 25.0 Å². The molecule has 2 heterocycles. The van der Waals surface area contributed by atoms with Crippen LogP contribution in [-0.4, -0.2) is 32.1 Å². The maximum Gasteiger partial charge on any atom is 0.204 e. The molecular weight excluding hydrogens is 314 g/mol. The van der Waals surface area contributed by atoms with Crippen molar-refractivity contribution < 1.29 is 4.74 Å². The second-order valence-corrected chi connectivity index (χ2v) is 5.58. The van der Waals surface area contributed by atoms with Crippen molar-refractivity contribution in [3.05, 3.63) is 60.3 Å². The maximum atomic E-state index is 5.21. The van der Waals surface area contributed by atoms with Crippen molar-refractivity contribution in [2.24, 2.45) is 0 Å². The Labute approximate surface area is 145 Å². The fourth-order valence-corrected chi connectivity index (χ4v) is 2.72. The van der Waals surface area contributed by atoms with Crippen molar-refractivity contribution in [3.8, 4) is 22.8 Å². The summed E-state index contributed by atoms with van der Waals surface area (Å²) in [5, 5.41) is 13.4. The molecule has 0 aliphatic rings. The number of aromatic nitrogens is 5. The minimum Gasteiger partial charge on any atom is -0.497 e. The van der Waals surface area contributed by atoms with Crippen LogP contribution in [0.2, 0.25) is 0 Å². The Balaban J connectivity index is 1.86. The van der Waals surface area contributed by atoms with Crippen LogP contribution >= 0.6 is 0 Å². The van der Waals surface area contributed by atoms with E-state index in [1.165, 1.54) is 0 Å². The van der Waals surface area contributed by atoms with Crippen LogP contribution in [0.15, 0.2) is 54.6 Å². The molecule has 2 aromatic carbocycles. The van der Waals surface area contributed by atoms with E-state index in [0.717, 1.165) is 34.6 Å². The quantitative estimate of drug-likeness (QED) is 0.573. The van der Waals surface area contributed by atoms with Gasteiger partial charge in [0.1, 0.15) is 11.3 Å². The summed E-state index contributed by atoms with van der Waals surface area (Å²) in [7, 11) is 1.65. The van der Waals surface area contributed by atoms with Crippen molar-refractivity contribution in [1.29, 1.82) is 0 Å². The Morgan fingerprint density at radius 2 is 1.72 bits per heavy atom. The molecule has 25 heavy (non-hydrogen) atoms. The van der Waals surface area contributed by atoms with E-state index in [1.54, 1.807) is 11.8 Å². The van der Waals surface area contributed by atoms with Gasteiger partial charge in [0.05, 0.1) is 18.5 Å². The molecule has 0 unspecified atom stereocenters. The summed E-state index contributed by atoms with van der Waals surface area (Å²) in [6, 6.07) is 17.5. The standard InChI is InChI=1S/C19H17N5O/c1-3-16-17-19(22-21-18(20-17)13-7-5-4-6-8-13)24(23-16)14-9-11-15(25-2)12-10-14/h4-12H,3H2,1-2H3. The van der Waals surface area contributed by atoms with Crippen molar-refractivity contribution in [3.63, 3.8) is 0 Å². The van der Waals surface area contributed by atoms with Gasteiger partial charge >= 0.3 is 0 Å². The Kier molecular flexibility index (Phi) is 3.85. The molecule has 6 nitrogen and oxygen atoms in total. The van der Waals surface area contributed by atoms with Crippen molar-refractivity contribution >= 4 is 11.2 Å². The summed E-state index contributed by atoms with van der Waals surface area (Å²) >= 11 is 0. The van der Waals surface area contributed by atoms with Gasteiger partial charge in [-0.25, -0.2) is 9.67 Å². The molecule has 0 radical (unpaired) electrons. The first-order valence-corrected chi connectivity index (χ1v) is 8.12. The Hall–Kier alpha value is -3.28. The third kappa shape index (κ3) is 2.71. The fraction of sp³-hybridized carbons (Fsp3) is 0.158. The number of benzene rings is 2. The van der Waals surface area contributed by atoms with Gasteiger partial charge in [-0.05, 0) is 30.7 Å². The van der Waals surface area contributed by atoms with Crippen LogP contribution in [-0.2, 0) is 6.42 Å². The molecular formula is C19H17N5O. The highest BCUT2D eigenvalue weighted by Crippen LogP contribution is 2.23. The van der Waals surface area contributed by atoms with Gasteiger partial charge in [-0.3, -0.25) is 0 Å². The first-order valence-electron chi connectivity index (χ1n) is 8.12. The molecule has 6 heteroatoms. The zero-order valence-electron chi connectivity index (χ0n) is 14.0. The van der Waals surface area contributed by atoms with Crippen LogP contribution in [0.25, 0.3) is 28.2 Å². The Morgan fingerprint density at radius 1 is 0.960 bits per heavy atom. The third-order valence-corrected chi connectivity index (χ3v) is 4.05. The van der Waals surface area contributed by atoms with E-state index in [2.05, 4.69) is 22.2 Å². The Bertz CT molecular complexity index is 1010. The lowest BCUT2D eigenvalue weighted by molar-refractivity contribution is 0.414. The lowest BCUT2D eigenvalue weighted by Crippen LogP contribution is -2.00. The van der Waals surface area contributed by atoms with Crippen molar-refractivity contribution in [2.75, 3.05) is 7.11 Å². The van der Waals surface area contributed by atoms with Crippen LogP contribution < -0.4 is 4.74 Å². The molecule has 0 spiro atoms. The van der Waals surface area contributed by atoms with E-state index in [-0.39, 0.29) is 0 Å². The molecule has 4 rings (SSSR count). The number of hydrogen-bond donors (Lipinski definition) is 0. The van der Waals surface area contributed by atoms with Gasteiger partial charge in [-0.15, -0.1) is 10.2 Å². The van der Waals surface area contributed by atoms with Gasteiger partial charge in [-0.1, -0.05) is 37.3 Å². The van der Waals surface area contributed by atoms with E-state index in [4.69, 9.17) is 9.72 Å². The topological polar surface area (TPSA) is 65.7 Å². The summed E-state index contributed by atoms with van der Waals surface area (Å²) in [6.45, 7) is 2.06. The van der Waals surface area contributed by atoms with E-state index in [1.807, 2.05) is 54.6 Å². The van der Waals surface area contributed by atoms with Crippen LogP contribution in [0.4, 0.5) is 0 Å². The number of nitrogens with zero attached hydrogens (tertiary/aromatic N) is 5. The molecule has 0 amide bonds. The highest BCUT2D eigenvalue weighted by Gasteiger charge is 2.16. The first kappa shape index (κ1) is 15.3. The smallest absolute Gasteiger partial charge is 0.204 e. The zero-order valence-corrected chi connectivity index (χ0v) is 14.0. The summed E-state index contributed by atoms with van der Waals surface area (Å²) < 4.78 is 6.99. The van der Waals surface area contributed by atoms with Gasteiger partial charge in [-0.2, -0.15) is 5.10 Å². The summed E-state index contributed by atoms with van der Waals surface area (Å²) in [5.74, 6) is 1.41. The molecule has 124 valence electrons. The highest BCUT2D eigenvalue weighted by molar-refractivity contribution is 5.77. The molecule has 0 N–H and O–H groups in total. The van der Waals surface area contributed by atoms with Crippen molar-refractivity contribution in [2.45, 2.75) is 13.3 Å². The molecule has 0 saturated heterocycles. The van der Waals surface area contributed by atoms with E-state index in [0.29, 0.717) is 11.5 Å². The summed E-state index contributed by atoms with van der Waals surface area (Å²) in [4.78, 5) is 4.71. The van der Waals surface area contributed by atoms with Gasteiger partial charge < -0.3 is 4.74 Å². The predicted octanol–water partition coefficient (Wildman–Crippen LogP) is 3.45. The lowest BCUT2D eigenvalue weighted by Gasteiger charge is -2.04. The summed E-state index contributed by atoms with van der Waals surface area (Å²) in [5.41, 5.74) is 4.18. The SMILES string of the molecule is CCc1nn(-c2ccc(OC)cc2)c2nnc(-c3ccccc3)nc12. The van der Waals surface area contributed by atoms with E-state index < -0.39 is 0 Å². The van der Waals surface area contributed by atoms with Gasteiger partial charge in [0.2, 0.25) is 5.65 Å². The second-order valence-electron chi connectivity index (χ2n) is 5.58. The van der Waals surface area contributed by atoms with Gasteiger partial charge in [0.25, 0.3) is 0 Å². The van der Waals surface area contributed by atoms with E-state index in [9.17, 15) is 0 Å². The normalized spacial score (nSPS) is 11.0. The zero-order chi connectivity index (χ0) is 17.2. The van der Waals surface area contributed by atoms with Gasteiger partial charge in [0.15, 0.2) is 5.82 Å². The number of ether oxygens (including phenoxy) is 1. The molecule has 0 saturated carbocycles. The number of aryl methyl sites for hydroxylation is 1. The van der Waals surface area contributed by atoms with E-state index >= 15 is 0 Å². The Morgan fingerprint density at radius 3 is 2.40 bits per heavy atom. The van der Waals surface area contributed by atoms with Crippen LogP contribution in [0.3, 0.4) is 0 Å². The highest BCUT2D eigenvalue weighted by atomic mass is 16.5. The molecule has 0 aliphatic carbocycles. The molecule has 2 aromatic heterocycles. The molecule has 0 aliphatic heterocycles. The van der Waals surface area contributed by atoms with Gasteiger partial charge in [0, 0.05) is 5.56 Å². The molecule has 4 aromatic rings. The number of rotatable bonds is 4. The summed E-state index contributed by atoms with van der Waals surface area (Å²) in [6.07, 6.45) is 0.770. The second kappa shape index (κ2) is 6.32. The van der Waals surface area contributed by atoms with Crippen LogP contribution in [0.1, 0.15) is 12.6 Å². The monoisotopic (exact) mass is 331 g/mol. The molecule has 0 atom stereocenters. The van der Waals surface area contributed by atoms with Crippen LogP contribution in [0, 0.1) is 0 Å². The average Bonchev–Trinajstić information content (AvgIpc) is 3.06. The average molecular weight is 331 g/mol. The fourth-order valence-electron chi connectivity index (χ4n) is 2.72. The minimum absolute atomic E-state index is 0.608.